The fourth-order valence-electron chi connectivity index (χ4n) is 0.178. The Bertz CT molecular complexity index is 30.0. The fourth-order valence-corrected chi connectivity index (χ4v) is 0.275. The van der Waals surface area contributed by atoms with E-state index in [4.69, 9.17) is 17.5 Å². The van der Waals surface area contributed by atoms with Crippen LogP contribution in [0.25, 0.3) is 0 Å². The number of nitrogens with zero attached hydrogens (tertiary/aromatic N) is 1. The molecule has 3 heteroatoms. The molecule has 6 heavy (non-hydrogen) atoms. The maximum Gasteiger partial charge on any atom is 0.0258 e. The quantitative estimate of drug-likeness (QED) is 0.506. The Hall–Kier alpha value is 0.210. The molecular formula is C3H9ClN2. The van der Waals surface area contributed by atoms with Crippen molar-refractivity contribution in [2.75, 3.05) is 20.1 Å². The standard InChI is InChI=1S/C3H9ClN2/c1-6(4)3-2-5/h2-3,5H2,1H3. The van der Waals surface area contributed by atoms with Crippen LogP contribution in [-0.2, 0) is 0 Å². The molecular weight excluding hydrogens is 99.5 g/mol. The van der Waals surface area contributed by atoms with Crippen molar-refractivity contribution in [2.45, 2.75) is 0 Å². The Labute approximate surface area is 43.0 Å². The highest BCUT2D eigenvalue weighted by molar-refractivity contribution is 6.13. The minimum absolute atomic E-state index is 0.625. The Balaban J connectivity index is 2.63. The van der Waals surface area contributed by atoms with Crippen LogP contribution < -0.4 is 5.73 Å². The molecule has 0 saturated heterocycles. The lowest BCUT2D eigenvalue weighted by molar-refractivity contribution is 0.559. The lowest BCUT2D eigenvalue weighted by Gasteiger charge is -1.99. The van der Waals surface area contributed by atoms with E-state index in [0.29, 0.717) is 6.54 Å². The van der Waals surface area contributed by atoms with Crippen LogP contribution in [0, 0.1) is 0 Å². The second-order valence-electron chi connectivity index (χ2n) is 1.12. The van der Waals surface area contributed by atoms with Gasteiger partial charge in [-0.25, -0.2) is 4.42 Å². The Morgan fingerprint density at radius 3 is 2.33 bits per heavy atom. The van der Waals surface area contributed by atoms with E-state index in [-0.39, 0.29) is 0 Å². The van der Waals surface area contributed by atoms with Crippen molar-refractivity contribution < 1.29 is 0 Å². The zero-order valence-corrected chi connectivity index (χ0v) is 4.57. The van der Waals surface area contributed by atoms with Gasteiger partial charge < -0.3 is 5.73 Å². The van der Waals surface area contributed by atoms with E-state index in [1.165, 1.54) is 4.42 Å². The molecule has 38 valence electrons. The summed E-state index contributed by atoms with van der Waals surface area (Å²) in [6.07, 6.45) is 0. The summed E-state index contributed by atoms with van der Waals surface area (Å²) in [6.45, 7) is 1.38. The highest BCUT2D eigenvalue weighted by Crippen LogP contribution is 1.80. The summed E-state index contributed by atoms with van der Waals surface area (Å²) in [5.41, 5.74) is 5.10. The maximum absolute atomic E-state index is 5.33. The smallest absolute Gasteiger partial charge is 0.0258 e. The summed E-state index contributed by atoms with van der Waals surface area (Å²) in [4.78, 5) is 0. The van der Waals surface area contributed by atoms with Crippen molar-refractivity contribution in [1.82, 2.24) is 4.42 Å². The summed E-state index contributed by atoms with van der Waals surface area (Å²) in [5, 5.41) is 0. The highest BCUT2D eigenvalue weighted by atomic mass is 35.5. The molecule has 2 N–H and O–H groups in total. The third-order valence-electron chi connectivity index (χ3n) is 0.437. The van der Waals surface area contributed by atoms with E-state index in [1.54, 1.807) is 7.05 Å². The van der Waals surface area contributed by atoms with Crippen LogP contribution >= 0.6 is 11.8 Å². The molecule has 0 fully saturated rings. The second kappa shape index (κ2) is 3.40. The molecule has 0 aromatic heterocycles. The third kappa shape index (κ3) is 4.21. The third-order valence-corrected chi connectivity index (χ3v) is 0.606. The number of likely N-dealkylation sites (N-methyl/N-ethyl adjacent to an activating group) is 1. The van der Waals surface area contributed by atoms with Gasteiger partial charge in [-0.05, 0) is 11.8 Å². The van der Waals surface area contributed by atoms with Crippen molar-refractivity contribution in [3.8, 4) is 0 Å². The minimum Gasteiger partial charge on any atom is -0.329 e. The number of halogens is 1. The van der Waals surface area contributed by atoms with Crippen molar-refractivity contribution in [3.05, 3.63) is 0 Å². The van der Waals surface area contributed by atoms with E-state index < -0.39 is 0 Å². The molecule has 0 heterocycles. The first-order valence-corrected chi connectivity index (χ1v) is 2.18. The molecule has 0 unspecified atom stereocenters. The molecule has 2 nitrogen and oxygen atoms in total. The van der Waals surface area contributed by atoms with Gasteiger partial charge in [0.2, 0.25) is 0 Å². The molecule has 0 radical (unpaired) electrons. The molecule has 0 atom stereocenters. The lowest BCUT2D eigenvalue weighted by Crippen LogP contribution is -2.16. The van der Waals surface area contributed by atoms with Crippen LogP contribution in [0.3, 0.4) is 0 Å². The highest BCUT2D eigenvalue weighted by Gasteiger charge is 1.82. The van der Waals surface area contributed by atoms with Crippen LogP contribution in [0.1, 0.15) is 0 Å². The van der Waals surface area contributed by atoms with Crippen LogP contribution in [0.2, 0.25) is 0 Å². The number of nitrogens with two attached hydrogens (primary N) is 1. The first kappa shape index (κ1) is 6.21. The molecule has 0 spiro atoms. The predicted molar refractivity (Wildman–Crippen MR) is 27.5 cm³/mol. The summed E-state index contributed by atoms with van der Waals surface area (Å²) < 4.78 is 1.53. The van der Waals surface area contributed by atoms with Gasteiger partial charge in [-0.1, -0.05) is 0 Å². The van der Waals surface area contributed by atoms with Gasteiger partial charge in [0.15, 0.2) is 0 Å². The van der Waals surface area contributed by atoms with Crippen molar-refractivity contribution in [2.24, 2.45) is 5.73 Å². The number of rotatable bonds is 2. The van der Waals surface area contributed by atoms with Crippen LogP contribution in [0.15, 0.2) is 0 Å². The predicted octanol–water partition coefficient (Wildman–Crippen LogP) is 0.0307. The van der Waals surface area contributed by atoms with E-state index in [1.807, 2.05) is 0 Å². The van der Waals surface area contributed by atoms with Crippen LogP contribution in [0.5, 0.6) is 0 Å². The van der Waals surface area contributed by atoms with Gasteiger partial charge in [0.05, 0.1) is 0 Å². The van der Waals surface area contributed by atoms with Gasteiger partial charge in [-0.3, -0.25) is 0 Å². The molecule has 0 rings (SSSR count). The van der Waals surface area contributed by atoms with Crippen LogP contribution in [0.4, 0.5) is 0 Å². The van der Waals surface area contributed by atoms with E-state index in [0.717, 1.165) is 6.54 Å². The van der Waals surface area contributed by atoms with Gasteiger partial charge in [-0.2, -0.15) is 0 Å². The topological polar surface area (TPSA) is 29.3 Å². The van der Waals surface area contributed by atoms with Crippen molar-refractivity contribution in [1.29, 1.82) is 0 Å². The van der Waals surface area contributed by atoms with Gasteiger partial charge in [-0.15, -0.1) is 0 Å². The monoisotopic (exact) mass is 108 g/mol. The second-order valence-corrected chi connectivity index (χ2v) is 1.69. The first-order chi connectivity index (χ1) is 2.77. The summed E-state index contributed by atoms with van der Waals surface area (Å²) in [5.74, 6) is 0. The van der Waals surface area contributed by atoms with Crippen LogP contribution in [-0.4, -0.2) is 24.6 Å². The normalized spacial score (nSPS) is 10.0. The Morgan fingerprint density at radius 1 is 1.83 bits per heavy atom. The van der Waals surface area contributed by atoms with E-state index in [2.05, 4.69) is 0 Å². The van der Waals surface area contributed by atoms with E-state index >= 15 is 0 Å². The fraction of sp³-hybridized carbons (Fsp3) is 1.00. The molecule has 0 aliphatic carbocycles. The van der Waals surface area contributed by atoms with Gasteiger partial charge in [0.25, 0.3) is 0 Å². The zero-order valence-electron chi connectivity index (χ0n) is 3.82. The summed E-state index contributed by atoms with van der Waals surface area (Å²) in [7, 11) is 1.77. The summed E-state index contributed by atoms with van der Waals surface area (Å²) in [6, 6.07) is 0. The molecule has 0 aliphatic rings. The Morgan fingerprint density at radius 2 is 2.33 bits per heavy atom. The van der Waals surface area contributed by atoms with Crippen molar-refractivity contribution in [3.63, 3.8) is 0 Å². The van der Waals surface area contributed by atoms with E-state index in [9.17, 15) is 0 Å². The zero-order chi connectivity index (χ0) is 4.99. The maximum atomic E-state index is 5.33. The molecule has 0 aromatic carbocycles. The van der Waals surface area contributed by atoms with Gasteiger partial charge in [0.1, 0.15) is 0 Å². The van der Waals surface area contributed by atoms with Gasteiger partial charge in [0, 0.05) is 20.1 Å². The first-order valence-electron chi connectivity index (χ1n) is 1.84. The molecule has 0 saturated carbocycles. The molecule has 0 aromatic rings. The average molecular weight is 109 g/mol. The Kier molecular flexibility index (Phi) is 3.52. The number of hydrogen-bond acceptors (Lipinski definition) is 2. The largest absolute Gasteiger partial charge is 0.329 e. The lowest BCUT2D eigenvalue weighted by atomic mass is 10.7. The average Bonchev–Trinajstić information content (AvgIpc) is 1.35. The SMILES string of the molecule is CN(Cl)CCN. The van der Waals surface area contributed by atoms with Crippen molar-refractivity contribution >= 4 is 11.8 Å². The minimum atomic E-state index is 0.625. The molecule has 0 amide bonds. The molecule has 0 aliphatic heterocycles. The summed E-state index contributed by atoms with van der Waals surface area (Å²) >= 11 is 5.33. The molecule has 0 bridgehead atoms. The number of hydrogen-bond donors (Lipinski definition) is 1. The van der Waals surface area contributed by atoms with Gasteiger partial charge >= 0.3 is 0 Å².